The number of amides is 1. The van der Waals surface area contributed by atoms with E-state index in [2.05, 4.69) is 5.32 Å². The number of carbonyl (C=O) groups excluding carboxylic acids is 1. The fourth-order valence-corrected chi connectivity index (χ4v) is 1.87. The molecular weight excluding hydrogens is 286 g/mol. The Kier molecular flexibility index (Phi) is 3.97. The molecule has 0 saturated heterocycles. The SMILES string of the molecule is Cc1cccc(NC(=O)c2cc(F)ccc2C(F)(F)F)c1. The van der Waals surface area contributed by atoms with Crippen LogP contribution in [0.2, 0.25) is 0 Å². The number of aryl methyl sites for hydroxylation is 1. The van der Waals surface area contributed by atoms with Crippen LogP contribution < -0.4 is 5.32 Å². The first kappa shape index (κ1) is 15.0. The molecule has 1 amide bonds. The van der Waals surface area contributed by atoms with Gasteiger partial charge in [0.05, 0.1) is 11.1 Å². The van der Waals surface area contributed by atoms with E-state index in [-0.39, 0.29) is 0 Å². The van der Waals surface area contributed by atoms with Gasteiger partial charge in [0.25, 0.3) is 5.91 Å². The van der Waals surface area contributed by atoms with Gasteiger partial charge in [-0.15, -0.1) is 0 Å². The first-order valence-corrected chi connectivity index (χ1v) is 6.02. The zero-order valence-corrected chi connectivity index (χ0v) is 11.0. The highest BCUT2D eigenvalue weighted by atomic mass is 19.4. The van der Waals surface area contributed by atoms with Crippen molar-refractivity contribution in [1.82, 2.24) is 0 Å². The minimum absolute atomic E-state index is 0.345. The van der Waals surface area contributed by atoms with Crippen LogP contribution in [-0.2, 0) is 6.18 Å². The number of nitrogens with one attached hydrogen (secondary N) is 1. The lowest BCUT2D eigenvalue weighted by Crippen LogP contribution is -2.19. The van der Waals surface area contributed by atoms with E-state index < -0.39 is 29.0 Å². The van der Waals surface area contributed by atoms with Gasteiger partial charge in [-0.2, -0.15) is 13.2 Å². The van der Waals surface area contributed by atoms with Crippen molar-refractivity contribution in [3.8, 4) is 0 Å². The molecule has 2 aromatic rings. The molecule has 6 heteroatoms. The van der Waals surface area contributed by atoms with Crippen LogP contribution in [0.3, 0.4) is 0 Å². The Morgan fingerprint density at radius 3 is 2.43 bits per heavy atom. The van der Waals surface area contributed by atoms with Crippen molar-refractivity contribution in [2.24, 2.45) is 0 Å². The zero-order chi connectivity index (χ0) is 15.6. The monoisotopic (exact) mass is 297 g/mol. The summed E-state index contributed by atoms with van der Waals surface area (Å²) in [6.45, 7) is 1.78. The molecule has 2 nitrogen and oxygen atoms in total. The third-order valence-corrected chi connectivity index (χ3v) is 2.81. The molecule has 0 aliphatic heterocycles. The van der Waals surface area contributed by atoms with Crippen molar-refractivity contribution in [2.75, 3.05) is 5.32 Å². The molecular formula is C15H11F4NO. The van der Waals surface area contributed by atoms with Crippen molar-refractivity contribution in [3.05, 3.63) is 65.0 Å². The molecule has 110 valence electrons. The Balaban J connectivity index is 2.37. The van der Waals surface area contributed by atoms with Crippen molar-refractivity contribution in [1.29, 1.82) is 0 Å². The van der Waals surface area contributed by atoms with Crippen LogP contribution in [0, 0.1) is 12.7 Å². The number of halogens is 4. The fraction of sp³-hybridized carbons (Fsp3) is 0.133. The van der Waals surface area contributed by atoms with Crippen molar-refractivity contribution >= 4 is 11.6 Å². The predicted molar refractivity (Wildman–Crippen MR) is 70.5 cm³/mol. The Morgan fingerprint density at radius 1 is 1.10 bits per heavy atom. The van der Waals surface area contributed by atoms with E-state index in [1.165, 1.54) is 6.07 Å². The van der Waals surface area contributed by atoms with E-state index in [4.69, 9.17) is 0 Å². The van der Waals surface area contributed by atoms with Crippen LogP contribution in [0.5, 0.6) is 0 Å². The summed E-state index contributed by atoms with van der Waals surface area (Å²) in [5.41, 5.74) is -0.737. The molecule has 0 atom stereocenters. The summed E-state index contributed by atoms with van der Waals surface area (Å²) >= 11 is 0. The molecule has 2 aromatic carbocycles. The fourth-order valence-electron chi connectivity index (χ4n) is 1.87. The van der Waals surface area contributed by atoms with Crippen molar-refractivity contribution in [2.45, 2.75) is 13.1 Å². The van der Waals surface area contributed by atoms with E-state index >= 15 is 0 Å². The van der Waals surface area contributed by atoms with Gasteiger partial charge in [0.2, 0.25) is 0 Å². The maximum atomic E-state index is 13.2. The number of anilines is 1. The minimum Gasteiger partial charge on any atom is -0.322 e. The maximum absolute atomic E-state index is 13.2. The normalized spacial score (nSPS) is 11.3. The summed E-state index contributed by atoms with van der Waals surface area (Å²) in [6, 6.07) is 8.38. The summed E-state index contributed by atoms with van der Waals surface area (Å²) in [4.78, 5) is 12.0. The quantitative estimate of drug-likeness (QED) is 0.818. The van der Waals surface area contributed by atoms with Crippen LogP contribution in [0.25, 0.3) is 0 Å². The molecule has 2 rings (SSSR count). The lowest BCUT2D eigenvalue weighted by Gasteiger charge is -2.13. The molecule has 0 spiro atoms. The standard InChI is InChI=1S/C15H11F4NO/c1-9-3-2-4-11(7-9)20-14(21)12-8-10(16)5-6-13(12)15(17,18)19/h2-8H,1H3,(H,20,21). The second-order valence-electron chi connectivity index (χ2n) is 4.51. The molecule has 21 heavy (non-hydrogen) atoms. The maximum Gasteiger partial charge on any atom is 0.417 e. The van der Waals surface area contributed by atoms with Gasteiger partial charge in [0.1, 0.15) is 5.82 Å². The molecule has 0 heterocycles. The molecule has 0 aliphatic rings. The van der Waals surface area contributed by atoms with Crippen molar-refractivity contribution < 1.29 is 22.4 Å². The van der Waals surface area contributed by atoms with Gasteiger partial charge in [-0.1, -0.05) is 12.1 Å². The summed E-state index contributed by atoms with van der Waals surface area (Å²) < 4.78 is 51.7. The van der Waals surface area contributed by atoms with Crippen molar-refractivity contribution in [3.63, 3.8) is 0 Å². The van der Waals surface area contributed by atoms with Gasteiger partial charge in [0.15, 0.2) is 0 Å². The third kappa shape index (κ3) is 3.59. The van der Waals surface area contributed by atoms with Gasteiger partial charge in [-0.3, -0.25) is 4.79 Å². The highest BCUT2D eigenvalue weighted by molar-refractivity contribution is 6.05. The molecule has 0 unspecified atom stereocenters. The topological polar surface area (TPSA) is 29.1 Å². The van der Waals surface area contributed by atoms with E-state index in [0.29, 0.717) is 23.9 Å². The van der Waals surface area contributed by atoms with Crippen LogP contribution in [0.15, 0.2) is 42.5 Å². The second kappa shape index (κ2) is 5.55. The molecule has 0 fully saturated rings. The Morgan fingerprint density at radius 2 is 1.81 bits per heavy atom. The molecule has 0 aliphatic carbocycles. The Bertz CT molecular complexity index is 680. The smallest absolute Gasteiger partial charge is 0.322 e. The van der Waals surface area contributed by atoms with Gasteiger partial charge in [0, 0.05) is 5.69 Å². The van der Waals surface area contributed by atoms with Crippen LogP contribution in [-0.4, -0.2) is 5.91 Å². The molecule has 0 bridgehead atoms. The summed E-state index contributed by atoms with van der Waals surface area (Å²) in [7, 11) is 0. The van der Waals surface area contributed by atoms with Gasteiger partial charge in [-0.25, -0.2) is 4.39 Å². The summed E-state index contributed by atoms with van der Waals surface area (Å²) in [5.74, 6) is -1.91. The van der Waals surface area contributed by atoms with Crippen LogP contribution in [0.4, 0.5) is 23.2 Å². The van der Waals surface area contributed by atoms with Gasteiger partial charge < -0.3 is 5.32 Å². The van der Waals surface area contributed by atoms with Gasteiger partial charge in [-0.05, 0) is 42.8 Å². The number of hydrogen-bond acceptors (Lipinski definition) is 1. The number of alkyl halides is 3. The lowest BCUT2D eigenvalue weighted by molar-refractivity contribution is -0.137. The van der Waals surface area contributed by atoms with E-state index in [1.54, 1.807) is 25.1 Å². The first-order chi connectivity index (χ1) is 9.77. The van der Waals surface area contributed by atoms with Crippen LogP contribution in [0.1, 0.15) is 21.5 Å². The highest BCUT2D eigenvalue weighted by Crippen LogP contribution is 2.32. The minimum atomic E-state index is -4.73. The number of hydrogen-bond donors (Lipinski definition) is 1. The second-order valence-corrected chi connectivity index (χ2v) is 4.51. The summed E-state index contributed by atoms with van der Waals surface area (Å²) in [5, 5.41) is 2.33. The average Bonchev–Trinajstić information content (AvgIpc) is 2.37. The Labute approximate surface area is 118 Å². The lowest BCUT2D eigenvalue weighted by atomic mass is 10.1. The third-order valence-electron chi connectivity index (χ3n) is 2.81. The van der Waals surface area contributed by atoms with Crippen LogP contribution >= 0.6 is 0 Å². The number of benzene rings is 2. The molecule has 1 N–H and O–H groups in total. The van der Waals surface area contributed by atoms with E-state index in [9.17, 15) is 22.4 Å². The highest BCUT2D eigenvalue weighted by Gasteiger charge is 2.35. The number of carbonyl (C=O) groups is 1. The van der Waals surface area contributed by atoms with Gasteiger partial charge >= 0.3 is 6.18 Å². The summed E-state index contributed by atoms with van der Waals surface area (Å²) in [6.07, 6.45) is -4.73. The molecule has 0 radical (unpaired) electrons. The molecule has 0 aromatic heterocycles. The zero-order valence-electron chi connectivity index (χ0n) is 11.0. The number of rotatable bonds is 2. The van der Waals surface area contributed by atoms with E-state index in [1.807, 2.05) is 0 Å². The average molecular weight is 297 g/mol. The molecule has 0 saturated carbocycles. The largest absolute Gasteiger partial charge is 0.417 e. The predicted octanol–water partition coefficient (Wildman–Crippen LogP) is 4.41. The van der Waals surface area contributed by atoms with E-state index in [0.717, 1.165) is 5.56 Å². The Hall–Kier alpha value is -2.37. The first-order valence-electron chi connectivity index (χ1n) is 6.02.